The molecule has 1 saturated carbocycles. The molecule has 0 bridgehead atoms. The van der Waals surface area contributed by atoms with E-state index in [4.69, 9.17) is 16.3 Å². The molecule has 216 valence electrons. The van der Waals surface area contributed by atoms with Gasteiger partial charge in [-0.1, -0.05) is 24.1 Å². The van der Waals surface area contributed by atoms with E-state index in [1.54, 1.807) is 12.1 Å². The molecule has 3 aromatic rings. The average molecular weight is 579 g/mol. The van der Waals surface area contributed by atoms with Crippen molar-refractivity contribution >= 4 is 45.6 Å². The molecule has 2 aliphatic heterocycles. The second-order valence-electron chi connectivity index (χ2n) is 11.4. The van der Waals surface area contributed by atoms with Crippen LogP contribution in [0.1, 0.15) is 25.7 Å². The molecular weight excluding hydrogens is 543 g/mol. The number of hydrogen-bond donors (Lipinski definition) is 2. The Labute approximate surface area is 244 Å². The molecule has 10 heteroatoms. The number of benzene rings is 2. The van der Waals surface area contributed by atoms with Crippen molar-refractivity contribution in [1.82, 2.24) is 19.8 Å². The van der Waals surface area contributed by atoms with E-state index in [9.17, 15) is 9.18 Å². The van der Waals surface area contributed by atoms with Gasteiger partial charge in [0, 0.05) is 42.9 Å². The van der Waals surface area contributed by atoms with E-state index in [0.29, 0.717) is 46.4 Å². The molecule has 1 aliphatic carbocycles. The summed E-state index contributed by atoms with van der Waals surface area (Å²) in [7, 11) is 2.18. The van der Waals surface area contributed by atoms with Crippen molar-refractivity contribution in [2.24, 2.45) is 17.8 Å². The molecule has 0 radical (unpaired) electrons. The van der Waals surface area contributed by atoms with E-state index >= 15 is 0 Å². The summed E-state index contributed by atoms with van der Waals surface area (Å²) in [5, 5.41) is 6.92. The van der Waals surface area contributed by atoms with Gasteiger partial charge in [0.25, 0.3) is 0 Å². The van der Waals surface area contributed by atoms with Crippen LogP contribution in [-0.4, -0.2) is 72.1 Å². The lowest BCUT2D eigenvalue weighted by Crippen LogP contribution is -2.29. The van der Waals surface area contributed by atoms with Crippen molar-refractivity contribution in [3.05, 3.63) is 59.7 Å². The zero-order chi connectivity index (χ0) is 28.3. The molecule has 1 aromatic heterocycles. The molecule has 6 rings (SSSR count). The van der Waals surface area contributed by atoms with Gasteiger partial charge >= 0.3 is 0 Å². The number of anilines is 3. The third-order valence-corrected chi connectivity index (χ3v) is 8.81. The number of amides is 1. The van der Waals surface area contributed by atoms with Crippen LogP contribution in [0.3, 0.4) is 0 Å². The summed E-state index contributed by atoms with van der Waals surface area (Å²) in [6, 6.07) is 8.06. The highest BCUT2D eigenvalue weighted by Crippen LogP contribution is 2.53. The van der Waals surface area contributed by atoms with Gasteiger partial charge in [0.2, 0.25) is 5.91 Å². The number of carbonyl (C=O) groups is 1. The summed E-state index contributed by atoms with van der Waals surface area (Å²) in [5.41, 5.74) is 1.80. The Balaban J connectivity index is 1.20. The van der Waals surface area contributed by atoms with Crippen molar-refractivity contribution in [2.45, 2.75) is 25.7 Å². The first-order valence-electron chi connectivity index (χ1n) is 14.5. The summed E-state index contributed by atoms with van der Waals surface area (Å²) < 4.78 is 20.0. The Morgan fingerprint density at radius 2 is 1.95 bits per heavy atom. The number of fused-ring (bicyclic) bond motifs is 2. The highest BCUT2D eigenvalue weighted by molar-refractivity contribution is 6.31. The lowest BCUT2D eigenvalue weighted by Gasteiger charge is -2.24. The van der Waals surface area contributed by atoms with Crippen molar-refractivity contribution in [2.75, 3.05) is 57.0 Å². The quantitative estimate of drug-likeness (QED) is 0.298. The minimum atomic E-state index is -0.494. The van der Waals surface area contributed by atoms with E-state index < -0.39 is 5.82 Å². The number of likely N-dealkylation sites (tertiary alicyclic amines) is 2. The summed E-state index contributed by atoms with van der Waals surface area (Å²) in [6.45, 7) is 5.82. The maximum absolute atomic E-state index is 13.7. The first-order chi connectivity index (χ1) is 19.9. The normalized spacial score (nSPS) is 22.7. The largest absolute Gasteiger partial charge is 0.491 e. The number of piperidine rings is 2. The minimum Gasteiger partial charge on any atom is -0.491 e. The number of aromatic nitrogens is 2. The zero-order valence-electron chi connectivity index (χ0n) is 23.3. The van der Waals surface area contributed by atoms with Crippen LogP contribution in [-0.2, 0) is 4.79 Å². The number of hydrogen-bond acceptors (Lipinski definition) is 7. The van der Waals surface area contributed by atoms with E-state index in [1.807, 2.05) is 18.2 Å². The molecule has 2 N–H and O–H groups in total. The fourth-order valence-electron chi connectivity index (χ4n) is 6.33. The number of nitrogens with one attached hydrogen (secondary N) is 2. The van der Waals surface area contributed by atoms with Gasteiger partial charge in [-0.3, -0.25) is 9.69 Å². The van der Waals surface area contributed by atoms with Crippen LogP contribution in [0.5, 0.6) is 5.75 Å². The third kappa shape index (κ3) is 6.63. The van der Waals surface area contributed by atoms with E-state index in [2.05, 4.69) is 37.4 Å². The minimum absolute atomic E-state index is 0.0137. The maximum Gasteiger partial charge on any atom is 0.248 e. The van der Waals surface area contributed by atoms with E-state index in [-0.39, 0.29) is 10.9 Å². The highest BCUT2D eigenvalue weighted by Gasteiger charge is 2.53. The molecule has 3 fully saturated rings. The van der Waals surface area contributed by atoms with Crippen LogP contribution in [0.25, 0.3) is 10.9 Å². The summed E-state index contributed by atoms with van der Waals surface area (Å²) >= 11 is 5.98. The molecule has 3 aliphatic rings. The van der Waals surface area contributed by atoms with Crippen LogP contribution >= 0.6 is 11.6 Å². The zero-order valence-corrected chi connectivity index (χ0v) is 24.0. The predicted octanol–water partition coefficient (Wildman–Crippen LogP) is 5.72. The second kappa shape index (κ2) is 12.3. The SMILES string of the molecule is CN1CC2C(CCOc3cc4ncnc(Nc5ccc(F)c(Cl)c5)c4cc3NC(=O)/C=C/CN3CCCCC3)C2C1. The molecule has 2 unspecified atom stereocenters. The van der Waals surface area contributed by atoms with Crippen molar-refractivity contribution in [3.8, 4) is 5.75 Å². The van der Waals surface area contributed by atoms with Crippen LogP contribution < -0.4 is 15.4 Å². The summed E-state index contributed by atoms with van der Waals surface area (Å²) in [5.74, 6) is 2.65. The molecule has 41 heavy (non-hydrogen) atoms. The Hall–Kier alpha value is -3.27. The summed E-state index contributed by atoms with van der Waals surface area (Å²) in [6.07, 6.45) is 9.65. The molecule has 8 nitrogen and oxygen atoms in total. The van der Waals surface area contributed by atoms with Gasteiger partial charge in [0.05, 0.1) is 22.8 Å². The maximum atomic E-state index is 13.7. The molecule has 2 aromatic carbocycles. The first kappa shape index (κ1) is 27.9. The van der Waals surface area contributed by atoms with Crippen LogP contribution in [0.4, 0.5) is 21.6 Å². The van der Waals surface area contributed by atoms with Crippen molar-refractivity contribution < 1.29 is 13.9 Å². The molecule has 2 atom stereocenters. The van der Waals surface area contributed by atoms with Gasteiger partial charge in [-0.25, -0.2) is 14.4 Å². The van der Waals surface area contributed by atoms with Crippen LogP contribution in [0, 0.1) is 23.6 Å². The van der Waals surface area contributed by atoms with Gasteiger partial charge in [0.1, 0.15) is 23.7 Å². The van der Waals surface area contributed by atoms with Gasteiger partial charge in [-0.2, -0.15) is 0 Å². The highest BCUT2D eigenvalue weighted by atomic mass is 35.5. The van der Waals surface area contributed by atoms with Crippen LogP contribution in [0.2, 0.25) is 5.02 Å². The second-order valence-corrected chi connectivity index (χ2v) is 11.9. The number of carbonyl (C=O) groups excluding carboxylic acids is 1. The number of rotatable bonds is 10. The number of halogens is 2. The molecular formula is C31H36ClFN6O2. The fraction of sp³-hybridized carbons (Fsp3) is 0.452. The van der Waals surface area contributed by atoms with Gasteiger partial charge in [0.15, 0.2) is 0 Å². The standard InChI is InChI=1S/C31H36ClFN6O2/c1-38-17-23-21(24(23)18-38)9-13-41-29-16-27-22(31(35-19-34-27)36-20-7-8-26(33)25(32)14-20)15-28(29)37-30(40)6-5-12-39-10-3-2-4-11-39/h5-8,14-16,19,21,23-24H,2-4,9-13,17-18H2,1H3,(H,37,40)(H,34,35,36)/b6-5+. The Kier molecular flexibility index (Phi) is 8.37. The smallest absolute Gasteiger partial charge is 0.248 e. The van der Waals surface area contributed by atoms with Crippen LogP contribution in [0.15, 0.2) is 48.8 Å². The van der Waals surface area contributed by atoms with Gasteiger partial charge in [-0.15, -0.1) is 0 Å². The number of ether oxygens (including phenoxy) is 1. The lowest BCUT2D eigenvalue weighted by molar-refractivity contribution is -0.111. The number of nitrogens with zero attached hydrogens (tertiary/aromatic N) is 4. The third-order valence-electron chi connectivity index (χ3n) is 8.52. The Bertz CT molecular complexity index is 1430. The van der Waals surface area contributed by atoms with Gasteiger partial charge < -0.3 is 20.3 Å². The fourth-order valence-corrected chi connectivity index (χ4v) is 6.51. The topological polar surface area (TPSA) is 82.6 Å². The Morgan fingerprint density at radius 1 is 1.15 bits per heavy atom. The van der Waals surface area contributed by atoms with Gasteiger partial charge in [-0.05, 0) is 81.4 Å². The molecule has 0 spiro atoms. The average Bonchev–Trinajstić information content (AvgIpc) is 3.42. The summed E-state index contributed by atoms with van der Waals surface area (Å²) in [4.78, 5) is 26.6. The molecule has 1 amide bonds. The predicted molar refractivity (Wildman–Crippen MR) is 160 cm³/mol. The molecule has 2 saturated heterocycles. The lowest BCUT2D eigenvalue weighted by atomic mass is 10.1. The molecule has 3 heterocycles. The van der Waals surface area contributed by atoms with E-state index in [1.165, 1.54) is 50.8 Å². The van der Waals surface area contributed by atoms with Crippen molar-refractivity contribution in [3.63, 3.8) is 0 Å². The monoisotopic (exact) mass is 578 g/mol. The Morgan fingerprint density at radius 3 is 2.73 bits per heavy atom. The first-order valence-corrected chi connectivity index (χ1v) is 14.8. The van der Waals surface area contributed by atoms with Crippen molar-refractivity contribution in [1.29, 1.82) is 0 Å². The van der Waals surface area contributed by atoms with E-state index in [0.717, 1.165) is 37.9 Å².